The van der Waals surface area contributed by atoms with Gasteiger partial charge in [-0.05, 0) is 74.6 Å². The third-order valence-corrected chi connectivity index (χ3v) is 8.09. The minimum Gasteiger partial charge on any atom is -0.396 e. The zero-order valence-corrected chi connectivity index (χ0v) is 17.4. The number of fused-ring (bicyclic) bond motifs is 2. The Kier molecular flexibility index (Phi) is 4.44. The standard InChI is InChI=1S/C22H25FN2O3S/c1-10-18-20(25(14-4-5-14)22(28)24-21(18)27)11(2)17(19(10)23)16-8-13-7-12(9-26)3-6-15(13)29-16/h8,12,14,17,19,26H,3-7,9H2,1-2H3,(H,24,27,28). The van der Waals surface area contributed by atoms with Crippen LogP contribution < -0.4 is 21.8 Å². The number of hydrogen-bond acceptors (Lipinski definition) is 4. The van der Waals surface area contributed by atoms with Crippen molar-refractivity contribution in [3.63, 3.8) is 0 Å². The van der Waals surface area contributed by atoms with E-state index in [-0.39, 0.29) is 18.6 Å². The average Bonchev–Trinajstić information content (AvgIpc) is 3.43. The number of halogens is 1. The summed E-state index contributed by atoms with van der Waals surface area (Å²) in [5.74, 6) is -0.202. The molecule has 0 bridgehead atoms. The molecule has 0 spiro atoms. The Labute approximate surface area is 171 Å². The maximum atomic E-state index is 15.7. The molecule has 5 rings (SSSR count). The molecular formula is C22H25FN2O3S. The highest BCUT2D eigenvalue weighted by Gasteiger charge is 2.36. The van der Waals surface area contributed by atoms with Crippen LogP contribution in [-0.4, -0.2) is 27.4 Å². The summed E-state index contributed by atoms with van der Waals surface area (Å²) in [6.45, 7) is 3.73. The highest BCUT2D eigenvalue weighted by Crippen LogP contribution is 2.42. The summed E-state index contributed by atoms with van der Waals surface area (Å²) < 4.78 is 17.3. The Balaban J connectivity index is 1.74. The van der Waals surface area contributed by atoms with Gasteiger partial charge in [-0.15, -0.1) is 11.3 Å². The lowest BCUT2D eigenvalue weighted by Crippen LogP contribution is -2.58. The molecule has 1 saturated carbocycles. The molecule has 5 nitrogen and oxygen atoms in total. The van der Waals surface area contributed by atoms with Crippen molar-refractivity contribution < 1.29 is 9.50 Å². The van der Waals surface area contributed by atoms with Crippen LogP contribution >= 0.6 is 11.3 Å². The van der Waals surface area contributed by atoms with E-state index in [1.54, 1.807) is 22.8 Å². The van der Waals surface area contributed by atoms with Crippen molar-refractivity contribution >= 4 is 22.5 Å². The number of aryl methyl sites for hydroxylation is 1. The van der Waals surface area contributed by atoms with Gasteiger partial charge in [-0.3, -0.25) is 14.3 Å². The van der Waals surface area contributed by atoms with E-state index in [0.717, 1.165) is 42.6 Å². The number of aromatic amines is 1. The van der Waals surface area contributed by atoms with Crippen LogP contribution in [0.15, 0.2) is 15.7 Å². The second-order valence-electron chi connectivity index (χ2n) is 8.72. The number of thiophene rings is 1. The molecule has 2 N–H and O–H groups in total. The third-order valence-electron chi connectivity index (χ3n) is 6.77. The molecule has 3 atom stereocenters. The molecule has 0 amide bonds. The average molecular weight is 417 g/mol. The number of hydrogen-bond donors (Lipinski definition) is 2. The molecule has 29 heavy (non-hydrogen) atoms. The van der Waals surface area contributed by atoms with Gasteiger partial charge in [0.25, 0.3) is 5.56 Å². The molecule has 7 heteroatoms. The lowest BCUT2D eigenvalue weighted by atomic mass is 9.83. The minimum atomic E-state index is -1.29. The molecule has 0 aliphatic heterocycles. The molecule has 3 aliphatic rings. The Morgan fingerprint density at radius 3 is 2.69 bits per heavy atom. The van der Waals surface area contributed by atoms with Gasteiger partial charge in [0.1, 0.15) is 6.17 Å². The number of nitrogens with one attached hydrogen (secondary N) is 1. The molecule has 3 unspecified atom stereocenters. The van der Waals surface area contributed by atoms with E-state index in [4.69, 9.17) is 0 Å². The quantitative estimate of drug-likeness (QED) is 0.797. The summed E-state index contributed by atoms with van der Waals surface area (Å²) in [4.78, 5) is 29.8. The lowest BCUT2D eigenvalue weighted by Gasteiger charge is -2.27. The van der Waals surface area contributed by atoms with E-state index in [0.29, 0.717) is 16.1 Å². The maximum Gasteiger partial charge on any atom is 0.329 e. The van der Waals surface area contributed by atoms with Crippen LogP contribution in [0.4, 0.5) is 4.39 Å². The molecule has 2 aromatic rings. The summed E-state index contributed by atoms with van der Waals surface area (Å²) in [7, 11) is 0. The number of nitrogens with zero attached hydrogens (tertiary/aromatic N) is 1. The molecule has 3 aliphatic carbocycles. The van der Waals surface area contributed by atoms with Crippen LogP contribution in [-0.2, 0) is 12.8 Å². The number of aliphatic hydroxyl groups is 1. The number of alkyl halides is 1. The predicted octanol–water partition coefficient (Wildman–Crippen LogP) is 1.51. The monoisotopic (exact) mass is 416 g/mol. The van der Waals surface area contributed by atoms with Crippen LogP contribution in [0.2, 0.25) is 0 Å². The first-order chi connectivity index (χ1) is 13.9. The number of aromatic nitrogens is 2. The summed E-state index contributed by atoms with van der Waals surface area (Å²) in [5.41, 5.74) is 1.51. The van der Waals surface area contributed by atoms with Gasteiger partial charge in [-0.1, -0.05) is 0 Å². The molecule has 0 aromatic carbocycles. The lowest BCUT2D eigenvalue weighted by molar-refractivity contribution is 0.214. The topological polar surface area (TPSA) is 75.1 Å². The Bertz CT molecular complexity index is 1230. The van der Waals surface area contributed by atoms with Gasteiger partial charge in [-0.2, -0.15) is 0 Å². The van der Waals surface area contributed by atoms with Crippen LogP contribution in [0.5, 0.6) is 0 Å². The molecule has 2 heterocycles. The van der Waals surface area contributed by atoms with E-state index >= 15 is 4.39 Å². The van der Waals surface area contributed by atoms with Crippen molar-refractivity contribution in [2.75, 3.05) is 6.61 Å². The van der Waals surface area contributed by atoms with E-state index in [9.17, 15) is 14.7 Å². The highest BCUT2D eigenvalue weighted by atomic mass is 32.1. The number of rotatable bonds is 3. The van der Waals surface area contributed by atoms with Crippen molar-refractivity contribution in [3.8, 4) is 0 Å². The predicted molar refractivity (Wildman–Crippen MR) is 112 cm³/mol. The van der Waals surface area contributed by atoms with Crippen LogP contribution in [0.25, 0.3) is 11.1 Å². The minimum absolute atomic E-state index is 0.0921. The van der Waals surface area contributed by atoms with E-state index in [1.165, 1.54) is 10.4 Å². The smallest absolute Gasteiger partial charge is 0.329 e. The molecular weight excluding hydrogens is 391 g/mol. The van der Waals surface area contributed by atoms with Crippen molar-refractivity contribution in [1.29, 1.82) is 0 Å². The molecule has 2 aromatic heterocycles. The van der Waals surface area contributed by atoms with Crippen LogP contribution in [0.3, 0.4) is 0 Å². The molecule has 154 valence electrons. The molecule has 0 radical (unpaired) electrons. The Morgan fingerprint density at radius 2 is 2.00 bits per heavy atom. The summed E-state index contributed by atoms with van der Waals surface area (Å²) in [6.07, 6.45) is 3.23. The summed E-state index contributed by atoms with van der Waals surface area (Å²) in [5, 5.41) is 10.5. The first-order valence-electron chi connectivity index (χ1n) is 10.3. The third kappa shape index (κ3) is 2.89. The van der Waals surface area contributed by atoms with Gasteiger partial charge in [0.15, 0.2) is 0 Å². The highest BCUT2D eigenvalue weighted by molar-refractivity contribution is 7.12. The van der Waals surface area contributed by atoms with Gasteiger partial charge >= 0.3 is 5.69 Å². The van der Waals surface area contributed by atoms with Gasteiger partial charge in [0.2, 0.25) is 0 Å². The normalized spacial score (nSPS) is 26.4. The number of H-pyrrole nitrogens is 1. The molecule has 0 saturated heterocycles. The van der Waals surface area contributed by atoms with Crippen molar-refractivity contribution in [3.05, 3.63) is 52.8 Å². The zero-order valence-electron chi connectivity index (χ0n) is 16.6. The van der Waals surface area contributed by atoms with E-state index in [2.05, 4.69) is 11.1 Å². The van der Waals surface area contributed by atoms with Gasteiger partial charge in [-0.25, -0.2) is 9.18 Å². The fourth-order valence-electron chi connectivity index (χ4n) is 5.03. The second kappa shape index (κ2) is 6.77. The first-order valence-corrected chi connectivity index (χ1v) is 11.1. The van der Waals surface area contributed by atoms with Crippen molar-refractivity contribution in [1.82, 2.24) is 9.55 Å². The van der Waals surface area contributed by atoms with Gasteiger partial charge < -0.3 is 5.11 Å². The van der Waals surface area contributed by atoms with E-state index < -0.39 is 23.3 Å². The summed E-state index contributed by atoms with van der Waals surface area (Å²) >= 11 is 1.65. The van der Waals surface area contributed by atoms with Crippen molar-refractivity contribution in [2.24, 2.45) is 5.92 Å². The number of aliphatic hydroxyl groups excluding tert-OH is 1. The maximum absolute atomic E-state index is 15.7. The Hall–Kier alpha value is -1.99. The van der Waals surface area contributed by atoms with Crippen molar-refractivity contribution in [2.45, 2.75) is 64.1 Å². The fourth-order valence-corrected chi connectivity index (χ4v) is 6.43. The largest absolute Gasteiger partial charge is 0.396 e. The molecule has 1 fully saturated rings. The first kappa shape index (κ1) is 19.0. The van der Waals surface area contributed by atoms with Crippen LogP contribution in [0, 0.1) is 5.92 Å². The Morgan fingerprint density at radius 1 is 1.24 bits per heavy atom. The zero-order chi connectivity index (χ0) is 20.4. The van der Waals surface area contributed by atoms with E-state index in [1.807, 2.05) is 6.92 Å². The van der Waals surface area contributed by atoms with Gasteiger partial charge in [0, 0.05) is 22.4 Å². The SMILES string of the molecule is CC1=c2c(=O)[nH]c(=O)n(C3CC3)c2=C(C)C(c2cc3c(s2)CCC(CO)C3)C1F. The van der Waals surface area contributed by atoms with Gasteiger partial charge in [0.05, 0.1) is 16.5 Å². The second-order valence-corrected chi connectivity index (χ2v) is 9.89. The van der Waals surface area contributed by atoms with Crippen LogP contribution in [0.1, 0.15) is 60.4 Å². The summed E-state index contributed by atoms with van der Waals surface area (Å²) in [6, 6.07) is 2.18. The fraction of sp³-hybridized carbons (Fsp3) is 0.545.